The first-order valence-corrected chi connectivity index (χ1v) is 7.99. The summed E-state index contributed by atoms with van der Waals surface area (Å²) in [7, 11) is 0. The fourth-order valence-electron chi connectivity index (χ4n) is 3.14. The monoisotopic (exact) mass is 290 g/mol. The predicted octanol–water partition coefficient (Wildman–Crippen LogP) is 5.48. The second kappa shape index (κ2) is 6.50. The summed E-state index contributed by atoms with van der Waals surface area (Å²) >= 11 is 0. The van der Waals surface area contributed by atoms with Crippen molar-refractivity contribution in [3.05, 3.63) is 29.3 Å². The fourth-order valence-corrected chi connectivity index (χ4v) is 3.14. The summed E-state index contributed by atoms with van der Waals surface area (Å²) < 4.78 is 4.99. The second-order valence-electron chi connectivity index (χ2n) is 6.70. The van der Waals surface area contributed by atoms with Gasteiger partial charge in [-0.25, -0.2) is 4.79 Å². The van der Waals surface area contributed by atoms with Gasteiger partial charge in [0.05, 0.1) is 0 Å². The van der Waals surface area contributed by atoms with Crippen molar-refractivity contribution in [2.45, 2.75) is 70.6 Å². The fraction of sp³-hybridized carbons (Fsp3) is 0.611. The van der Waals surface area contributed by atoms with E-state index in [4.69, 9.17) is 9.84 Å². The zero-order chi connectivity index (χ0) is 15.5. The number of benzene rings is 1. The molecule has 0 saturated heterocycles. The van der Waals surface area contributed by atoms with E-state index in [1.807, 2.05) is 12.1 Å². The van der Waals surface area contributed by atoms with Crippen LogP contribution in [-0.2, 0) is 5.41 Å². The number of carboxylic acid groups (broad SMARTS) is 1. The van der Waals surface area contributed by atoms with Crippen LogP contribution in [0.3, 0.4) is 0 Å². The van der Waals surface area contributed by atoms with Crippen LogP contribution in [0.5, 0.6) is 5.75 Å². The molecule has 0 spiro atoms. The van der Waals surface area contributed by atoms with Crippen molar-refractivity contribution in [2.24, 2.45) is 0 Å². The summed E-state index contributed by atoms with van der Waals surface area (Å²) in [6, 6.07) is 6.06. The highest BCUT2D eigenvalue weighted by Crippen LogP contribution is 2.39. The molecule has 3 nitrogen and oxygen atoms in total. The van der Waals surface area contributed by atoms with Crippen LogP contribution in [0.25, 0.3) is 0 Å². The minimum atomic E-state index is -1.24. The van der Waals surface area contributed by atoms with E-state index in [2.05, 4.69) is 26.8 Å². The van der Waals surface area contributed by atoms with Crippen LogP contribution in [0, 0.1) is 0 Å². The third kappa shape index (κ3) is 3.78. The minimum absolute atomic E-state index is 0.0878. The Morgan fingerprint density at radius 2 is 1.95 bits per heavy atom. The average Bonchev–Trinajstić information content (AvgIpc) is 2.48. The molecule has 1 aromatic rings. The Kier molecular flexibility index (Phi) is 4.92. The Morgan fingerprint density at radius 1 is 1.29 bits per heavy atom. The van der Waals surface area contributed by atoms with Gasteiger partial charge in [-0.3, -0.25) is 0 Å². The van der Waals surface area contributed by atoms with Crippen molar-refractivity contribution in [2.75, 3.05) is 0 Å². The highest BCUT2D eigenvalue weighted by Gasteiger charge is 2.26. The minimum Gasteiger partial charge on any atom is -0.449 e. The second-order valence-corrected chi connectivity index (χ2v) is 6.70. The molecule has 1 aromatic carbocycles. The van der Waals surface area contributed by atoms with Gasteiger partial charge < -0.3 is 9.84 Å². The summed E-state index contributed by atoms with van der Waals surface area (Å²) in [4.78, 5) is 10.9. The van der Waals surface area contributed by atoms with E-state index >= 15 is 0 Å². The molecule has 1 aliphatic carbocycles. The number of ether oxygens (including phenoxy) is 1. The van der Waals surface area contributed by atoms with E-state index in [0.717, 1.165) is 12.0 Å². The maximum Gasteiger partial charge on any atom is 0.511 e. The molecule has 0 bridgehead atoms. The average molecular weight is 290 g/mol. The molecule has 0 aromatic heterocycles. The Balaban J connectivity index is 2.38. The molecule has 116 valence electrons. The third-order valence-corrected chi connectivity index (χ3v) is 4.89. The highest BCUT2D eigenvalue weighted by molar-refractivity contribution is 5.62. The molecule has 3 heteroatoms. The lowest BCUT2D eigenvalue weighted by atomic mass is 9.78. The van der Waals surface area contributed by atoms with Gasteiger partial charge in [0.2, 0.25) is 0 Å². The zero-order valence-corrected chi connectivity index (χ0v) is 13.3. The molecule has 0 atom stereocenters. The van der Waals surface area contributed by atoms with E-state index in [-0.39, 0.29) is 5.41 Å². The van der Waals surface area contributed by atoms with Crippen LogP contribution in [0.1, 0.15) is 76.3 Å². The van der Waals surface area contributed by atoms with Gasteiger partial charge >= 0.3 is 6.16 Å². The predicted molar refractivity (Wildman–Crippen MR) is 84.2 cm³/mol. The maximum absolute atomic E-state index is 10.9. The van der Waals surface area contributed by atoms with Crippen molar-refractivity contribution < 1.29 is 14.6 Å². The van der Waals surface area contributed by atoms with Gasteiger partial charge in [-0.05, 0) is 42.2 Å². The van der Waals surface area contributed by atoms with Crippen LogP contribution in [0.2, 0.25) is 0 Å². The van der Waals surface area contributed by atoms with Crippen LogP contribution in [0.15, 0.2) is 18.2 Å². The molecule has 1 saturated carbocycles. The van der Waals surface area contributed by atoms with Crippen LogP contribution in [0.4, 0.5) is 4.79 Å². The standard InChI is InChI=1S/C18H26O3/c1-4-18(2,3)15-12-14(13-8-6-5-7-9-13)10-11-16(15)21-17(19)20/h10-13H,4-9H2,1-3H3,(H,19,20). The van der Waals surface area contributed by atoms with E-state index in [9.17, 15) is 4.79 Å². The quantitative estimate of drug-likeness (QED) is 0.590. The molecule has 1 aliphatic rings. The molecule has 1 fully saturated rings. The van der Waals surface area contributed by atoms with Crippen LogP contribution in [-0.4, -0.2) is 11.3 Å². The van der Waals surface area contributed by atoms with Crippen LogP contribution >= 0.6 is 0 Å². The molecule has 0 radical (unpaired) electrons. The lowest BCUT2D eigenvalue weighted by Crippen LogP contribution is -2.19. The lowest BCUT2D eigenvalue weighted by Gasteiger charge is -2.28. The lowest BCUT2D eigenvalue weighted by molar-refractivity contribution is 0.143. The molecule has 21 heavy (non-hydrogen) atoms. The first-order valence-electron chi connectivity index (χ1n) is 7.99. The molecule has 0 aliphatic heterocycles. The van der Waals surface area contributed by atoms with Crippen molar-refractivity contribution in [1.29, 1.82) is 0 Å². The Hall–Kier alpha value is -1.51. The highest BCUT2D eigenvalue weighted by atomic mass is 16.7. The zero-order valence-electron chi connectivity index (χ0n) is 13.3. The first kappa shape index (κ1) is 15.9. The molecule has 2 rings (SSSR count). The van der Waals surface area contributed by atoms with Gasteiger partial charge in [-0.1, -0.05) is 52.2 Å². The summed E-state index contributed by atoms with van der Waals surface area (Å²) in [6.07, 6.45) is 6.11. The van der Waals surface area contributed by atoms with Crippen LogP contribution < -0.4 is 4.74 Å². The van der Waals surface area contributed by atoms with Crippen molar-refractivity contribution in [3.8, 4) is 5.75 Å². The number of hydrogen-bond donors (Lipinski definition) is 1. The third-order valence-electron chi connectivity index (χ3n) is 4.89. The van der Waals surface area contributed by atoms with Crippen molar-refractivity contribution in [1.82, 2.24) is 0 Å². The SMILES string of the molecule is CCC(C)(C)c1cc(C2CCCCC2)ccc1OC(=O)O. The Morgan fingerprint density at radius 3 is 2.52 bits per heavy atom. The Labute approximate surface area is 127 Å². The Bertz CT molecular complexity index is 499. The van der Waals surface area contributed by atoms with Crippen molar-refractivity contribution >= 4 is 6.16 Å². The number of hydrogen-bond acceptors (Lipinski definition) is 2. The maximum atomic E-state index is 10.9. The molecule has 0 unspecified atom stereocenters. The van der Waals surface area contributed by atoms with E-state index in [1.165, 1.54) is 37.7 Å². The van der Waals surface area contributed by atoms with E-state index in [0.29, 0.717) is 11.7 Å². The van der Waals surface area contributed by atoms with Crippen molar-refractivity contribution in [3.63, 3.8) is 0 Å². The molecule has 1 N–H and O–H groups in total. The normalized spacial score (nSPS) is 16.7. The first-order chi connectivity index (χ1) is 9.94. The van der Waals surface area contributed by atoms with E-state index in [1.54, 1.807) is 0 Å². The largest absolute Gasteiger partial charge is 0.511 e. The van der Waals surface area contributed by atoms with E-state index < -0.39 is 6.16 Å². The van der Waals surface area contributed by atoms with Gasteiger partial charge in [-0.15, -0.1) is 0 Å². The smallest absolute Gasteiger partial charge is 0.449 e. The summed E-state index contributed by atoms with van der Waals surface area (Å²) in [5.74, 6) is 1.10. The summed E-state index contributed by atoms with van der Waals surface area (Å²) in [6.45, 7) is 6.40. The topological polar surface area (TPSA) is 46.5 Å². The molecular weight excluding hydrogens is 264 g/mol. The molecular formula is C18H26O3. The van der Waals surface area contributed by atoms with Gasteiger partial charge in [0.25, 0.3) is 0 Å². The van der Waals surface area contributed by atoms with Gasteiger partial charge in [0.15, 0.2) is 0 Å². The van der Waals surface area contributed by atoms with Gasteiger partial charge in [-0.2, -0.15) is 0 Å². The summed E-state index contributed by atoms with van der Waals surface area (Å²) in [5, 5.41) is 8.93. The van der Waals surface area contributed by atoms with Gasteiger partial charge in [0, 0.05) is 5.56 Å². The summed E-state index contributed by atoms with van der Waals surface area (Å²) in [5.41, 5.74) is 2.26. The number of carbonyl (C=O) groups is 1. The number of rotatable bonds is 4. The molecule has 0 heterocycles. The van der Waals surface area contributed by atoms with Gasteiger partial charge in [0.1, 0.15) is 5.75 Å². The molecule has 0 amide bonds.